The summed E-state index contributed by atoms with van der Waals surface area (Å²) in [5.41, 5.74) is -0.894. The van der Waals surface area contributed by atoms with Gasteiger partial charge in [0.15, 0.2) is 0 Å². The molecule has 0 bridgehead atoms. The highest BCUT2D eigenvalue weighted by Crippen LogP contribution is 2.37. The first-order valence-corrected chi connectivity index (χ1v) is 7.45. The van der Waals surface area contributed by atoms with Crippen molar-refractivity contribution in [3.8, 4) is 11.6 Å². The summed E-state index contributed by atoms with van der Waals surface area (Å²) >= 11 is 5.88. The predicted octanol–water partition coefficient (Wildman–Crippen LogP) is 4.81. The molecule has 0 radical (unpaired) electrons. The molecule has 130 valence electrons. The SMILES string of the molecule is COC(=O)c1c(Oc2cccc(Cl)c2)nn(C(F)F)c1C(C)(C)C. The Balaban J connectivity index is 2.64. The number of benzene rings is 1. The van der Waals surface area contributed by atoms with Crippen LogP contribution < -0.4 is 4.74 Å². The molecule has 0 aliphatic rings. The Morgan fingerprint density at radius 1 is 1.33 bits per heavy atom. The first-order chi connectivity index (χ1) is 11.1. The van der Waals surface area contributed by atoms with Crippen LogP contribution in [0.1, 0.15) is 43.4 Å². The zero-order valence-corrected chi connectivity index (χ0v) is 14.4. The van der Waals surface area contributed by atoms with Crippen molar-refractivity contribution >= 4 is 17.6 Å². The Bertz CT molecular complexity index is 754. The van der Waals surface area contributed by atoms with Crippen molar-refractivity contribution in [2.24, 2.45) is 0 Å². The first kappa shape index (κ1) is 18.2. The van der Waals surface area contributed by atoms with E-state index in [1.807, 2.05) is 0 Å². The number of ether oxygens (including phenoxy) is 2. The second kappa shape index (κ2) is 6.76. The van der Waals surface area contributed by atoms with Crippen LogP contribution in [0.25, 0.3) is 0 Å². The molecular formula is C16H17ClF2N2O3. The Kier molecular flexibility index (Phi) is 5.13. The molecule has 0 amide bonds. The topological polar surface area (TPSA) is 53.4 Å². The van der Waals surface area contributed by atoms with E-state index < -0.39 is 17.9 Å². The van der Waals surface area contributed by atoms with Gasteiger partial charge in [0, 0.05) is 10.4 Å². The van der Waals surface area contributed by atoms with Gasteiger partial charge < -0.3 is 9.47 Å². The molecule has 2 aromatic rings. The molecule has 5 nitrogen and oxygen atoms in total. The van der Waals surface area contributed by atoms with E-state index in [4.69, 9.17) is 21.1 Å². The fourth-order valence-corrected chi connectivity index (χ4v) is 2.45. The third-order valence-electron chi connectivity index (χ3n) is 3.17. The molecule has 0 saturated heterocycles. The van der Waals surface area contributed by atoms with Crippen LogP contribution in [-0.4, -0.2) is 22.9 Å². The van der Waals surface area contributed by atoms with Crippen LogP contribution in [0.3, 0.4) is 0 Å². The van der Waals surface area contributed by atoms with Crippen molar-refractivity contribution in [2.75, 3.05) is 7.11 Å². The van der Waals surface area contributed by atoms with Gasteiger partial charge in [-0.3, -0.25) is 0 Å². The fourth-order valence-electron chi connectivity index (χ4n) is 2.27. The van der Waals surface area contributed by atoms with Gasteiger partial charge in [-0.2, -0.15) is 8.78 Å². The van der Waals surface area contributed by atoms with Crippen molar-refractivity contribution in [2.45, 2.75) is 32.7 Å². The summed E-state index contributed by atoms with van der Waals surface area (Å²) in [6.07, 6.45) is 0. The molecule has 1 aromatic heterocycles. The highest BCUT2D eigenvalue weighted by molar-refractivity contribution is 6.30. The zero-order valence-electron chi connectivity index (χ0n) is 13.6. The molecule has 8 heteroatoms. The number of aromatic nitrogens is 2. The zero-order chi connectivity index (χ0) is 18.1. The highest BCUT2D eigenvalue weighted by atomic mass is 35.5. The van der Waals surface area contributed by atoms with Crippen LogP contribution in [0.2, 0.25) is 5.02 Å². The molecule has 0 atom stereocenters. The maximum atomic E-state index is 13.4. The minimum absolute atomic E-state index is 0.0291. The van der Waals surface area contributed by atoms with Crippen molar-refractivity contribution in [1.82, 2.24) is 9.78 Å². The lowest BCUT2D eigenvalue weighted by Gasteiger charge is -2.21. The lowest BCUT2D eigenvalue weighted by atomic mass is 9.89. The quantitative estimate of drug-likeness (QED) is 0.736. The second-order valence-corrected chi connectivity index (χ2v) is 6.49. The van der Waals surface area contributed by atoms with Gasteiger partial charge >= 0.3 is 12.5 Å². The summed E-state index contributed by atoms with van der Waals surface area (Å²) in [4.78, 5) is 12.2. The second-order valence-electron chi connectivity index (χ2n) is 6.05. The van der Waals surface area contributed by atoms with Gasteiger partial charge in [0.25, 0.3) is 5.88 Å². The molecule has 0 fully saturated rings. The van der Waals surface area contributed by atoms with E-state index in [-0.39, 0.29) is 22.9 Å². The molecule has 0 saturated carbocycles. The van der Waals surface area contributed by atoms with Gasteiger partial charge in [-0.15, -0.1) is 5.10 Å². The summed E-state index contributed by atoms with van der Waals surface area (Å²) in [6.45, 7) is 2.15. The number of alkyl halides is 2. The Labute approximate surface area is 143 Å². The summed E-state index contributed by atoms with van der Waals surface area (Å²) in [7, 11) is 1.16. The third kappa shape index (κ3) is 3.67. The van der Waals surface area contributed by atoms with E-state index >= 15 is 0 Å². The standard InChI is InChI=1S/C16H17ClF2N2O3/c1-16(2,3)12-11(14(22)23-4)13(20-21(12)15(18)19)24-10-7-5-6-9(17)8-10/h5-8,15H,1-4H3. The number of carbonyl (C=O) groups excluding carboxylic acids is 1. The molecule has 2 rings (SSSR count). The summed E-state index contributed by atoms with van der Waals surface area (Å²) in [6, 6.07) is 6.32. The molecule has 0 N–H and O–H groups in total. The Morgan fingerprint density at radius 2 is 2.00 bits per heavy atom. The van der Waals surface area contributed by atoms with Gasteiger partial charge in [-0.05, 0) is 18.2 Å². The van der Waals surface area contributed by atoms with Crippen molar-refractivity contribution in [3.05, 3.63) is 40.5 Å². The normalized spacial score (nSPS) is 11.7. The minimum atomic E-state index is -2.93. The van der Waals surface area contributed by atoms with Gasteiger partial charge in [0.05, 0.1) is 12.8 Å². The summed E-state index contributed by atoms with van der Waals surface area (Å²) < 4.78 is 37.5. The van der Waals surface area contributed by atoms with E-state index in [2.05, 4.69) is 5.10 Å². The molecule has 24 heavy (non-hydrogen) atoms. The monoisotopic (exact) mass is 358 g/mol. The Morgan fingerprint density at radius 3 is 2.50 bits per heavy atom. The number of carbonyl (C=O) groups is 1. The Hall–Kier alpha value is -2.15. The predicted molar refractivity (Wildman–Crippen MR) is 85.0 cm³/mol. The molecule has 0 spiro atoms. The lowest BCUT2D eigenvalue weighted by molar-refractivity contribution is 0.0487. The summed E-state index contributed by atoms with van der Waals surface area (Å²) in [5.74, 6) is -0.787. The van der Waals surface area contributed by atoms with Crippen LogP contribution >= 0.6 is 11.6 Å². The van der Waals surface area contributed by atoms with Crippen molar-refractivity contribution < 1.29 is 23.0 Å². The summed E-state index contributed by atoms with van der Waals surface area (Å²) in [5, 5.41) is 4.17. The van der Waals surface area contributed by atoms with Gasteiger partial charge in [-0.1, -0.05) is 38.4 Å². The van der Waals surface area contributed by atoms with Crippen LogP contribution in [0.5, 0.6) is 11.6 Å². The maximum Gasteiger partial charge on any atom is 0.345 e. The van der Waals surface area contributed by atoms with Crippen LogP contribution in [0.15, 0.2) is 24.3 Å². The van der Waals surface area contributed by atoms with Crippen LogP contribution in [0.4, 0.5) is 8.78 Å². The molecule has 0 aliphatic heterocycles. The number of halogens is 3. The third-order valence-corrected chi connectivity index (χ3v) is 3.41. The number of hydrogen-bond acceptors (Lipinski definition) is 4. The smallest absolute Gasteiger partial charge is 0.345 e. The van der Waals surface area contributed by atoms with Gasteiger partial charge in [-0.25, -0.2) is 9.48 Å². The largest absolute Gasteiger partial charge is 0.465 e. The molecule has 0 unspecified atom stereocenters. The molecular weight excluding hydrogens is 342 g/mol. The fraction of sp³-hybridized carbons (Fsp3) is 0.375. The van der Waals surface area contributed by atoms with E-state index in [1.54, 1.807) is 39.0 Å². The van der Waals surface area contributed by atoms with Crippen LogP contribution in [-0.2, 0) is 10.2 Å². The number of methoxy groups -OCH3 is 1. The maximum absolute atomic E-state index is 13.4. The average Bonchev–Trinajstić information content (AvgIpc) is 2.86. The number of rotatable bonds is 4. The highest BCUT2D eigenvalue weighted by Gasteiger charge is 2.35. The van der Waals surface area contributed by atoms with Crippen molar-refractivity contribution in [3.63, 3.8) is 0 Å². The van der Waals surface area contributed by atoms with E-state index in [0.717, 1.165) is 7.11 Å². The molecule has 1 heterocycles. The lowest BCUT2D eigenvalue weighted by Crippen LogP contribution is -2.22. The number of hydrogen-bond donors (Lipinski definition) is 0. The average molecular weight is 359 g/mol. The van der Waals surface area contributed by atoms with Gasteiger partial charge in [0.1, 0.15) is 11.3 Å². The van der Waals surface area contributed by atoms with Gasteiger partial charge in [0.2, 0.25) is 0 Å². The molecule has 0 aliphatic carbocycles. The van der Waals surface area contributed by atoms with E-state index in [1.165, 1.54) is 6.07 Å². The first-order valence-electron chi connectivity index (χ1n) is 7.08. The number of nitrogens with zero attached hydrogens (tertiary/aromatic N) is 2. The molecule has 1 aromatic carbocycles. The minimum Gasteiger partial charge on any atom is -0.465 e. The number of esters is 1. The van der Waals surface area contributed by atoms with E-state index in [0.29, 0.717) is 9.70 Å². The van der Waals surface area contributed by atoms with Crippen LogP contribution in [0, 0.1) is 0 Å². The van der Waals surface area contributed by atoms with Crippen molar-refractivity contribution in [1.29, 1.82) is 0 Å². The van der Waals surface area contributed by atoms with E-state index in [9.17, 15) is 13.6 Å².